The lowest BCUT2D eigenvalue weighted by atomic mass is 10.1. The molecule has 154 valence electrons. The molecule has 10 nitrogen and oxygen atoms in total. The average molecular weight is 398 g/mol. The van der Waals surface area contributed by atoms with Gasteiger partial charge in [-0.1, -0.05) is 0 Å². The summed E-state index contributed by atoms with van der Waals surface area (Å²) in [4.78, 5) is 31.7. The molecule has 0 bridgehead atoms. The molecule has 0 aliphatic carbocycles. The van der Waals surface area contributed by atoms with Gasteiger partial charge in [0.2, 0.25) is 5.95 Å². The molecule has 4 N–H and O–H groups in total. The van der Waals surface area contributed by atoms with Crippen LogP contribution in [-0.4, -0.2) is 83.3 Å². The molecule has 2 aliphatic heterocycles. The van der Waals surface area contributed by atoms with Crippen LogP contribution in [0.2, 0.25) is 0 Å². The van der Waals surface area contributed by atoms with Crippen LogP contribution >= 0.6 is 0 Å². The lowest BCUT2D eigenvalue weighted by molar-refractivity contribution is 0.0428. The third-order valence-corrected chi connectivity index (χ3v) is 5.29. The standard InChI is InChI=1S/C19H26N8O2/c1-13-16(14-2-3-15(20)22-12-14)17(24-18(21)23-13)25-4-6-26(7-5-25)19(28)27-8-10-29-11-9-27/h2-3,12H,4-11H2,1H3,(H2,20,22)(H2,21,23,24). The van der Waals surface area contributed by atoms with Gasteiger partial charge in [0, 0.05) is 56.6 Å². The number of ether oxygens (including phenoxy) is 1. The van der Waals surface area contributed by atoms with Crippen molar-refractivity contribution in [2.45, 2.75) is 6.92 Å². The van der Waals surface area contributed by atoms with Gasteiger partial charge in [0.15, 0.2) is 0 Å². The molecule has 4 heterocycles. The summed E-state index contributed by atoms with van der Waals surface area (Å²) < 4.78 is 5.34. The fourth-order valence-corrected chi connectivity index (χ4v) is 3.76. The normalized spacial score (nSPS) is 17.5. The van der Waals surface area contributed by atoms with Crippen LogP contribution in [0.25, 0.3) is 11.1 Å². The Bertz CT molecular complexity index is 875. The number of rotatable bonds is 2. The van der Waals surface area contributed by atoms with Crippen molar-refractivity contribution in [2.24, 2.45) is 0 Å². The fourth-order valence-electron chi connectivity index (χ4n) is 3.76. The minimum Gasteiger partial charge on any atom is -0.384 e. The van der Waals surface area contributed by atoms with Crippen LogP contribution < -0.4 is 16.4 Å². The number of aromatic nitrogens is 3. The number of carbonyl (C=O) groups is 1. The van der Waals surface area contributed by atoms with Crippen LogP contribution in [0.5, 0.6) is 0 Å². The molecule has 2 aromatic rings. The van der Waals surface area contributed by atoms with Gasteiger partial charge >= 0.3 is 6.03 Å². The maximum atomic E-state index is 12.7. The Morgan fingerprint density at radius 3 is 2.34 bits per heavy atom. The molecule has 2 saturated heterocycles. The highest BCUT2D eigenvalue weighted by Gasteiger charge is 2.28. The molecule has 10 heteroatoms. The zero-order valence-corrected chi connectivity index (χ0v) is 16.5. The van der Waals surface area contributed by atoms with Gasteiger partial charge in [-0.25, -0.2) is 14.8 Å². The number of amides is 2. The lowest BCUT2D eigenvalue weighted by Gasteiger charge is -2.39. The van der Waals surface area contributed by atoms with Crippen molar-refractivity contribution in [3.8, 4) is 11.1 Å². The molecule has 0 radical (unpaired) electrons. The van der Waals surface area contributed by atoms with E-state index in [1.165, 1.54) is 0 Å². The van der Waals surface area contributed by atoms with E-state index in [4.69, 9.17) is 16.2 Å². The predicted molar refractivity (Wildman–Crippen MR) is 110 cm³/mol. The van der Waals surface area contributed by atoms with E-state index in [9.17, 15) is 4.79 Å². The Morgan fingerprint density at radius 1 is 1.00 bits per heavy atom. The number of nitrogens with two attached hydrogens (primary N) is 2. The van der Waals surface area contributed by atoms with E-state index in [0.29, 0.717) is 58.3 Å². The highest BCUT2D eigenvalue weighted by atomic mass is 16.5. The van der Waals surface area contributed by atoms with Crippen molar-refractivity contribution in [3.63, 3.8) is 0 Å². The number of hydrogen-bond donors (Lipinski definition) is 2. The Balaban J connectivity index is 1.53. The minimum absolute atomic E-state index is 0.0780. The summed E-state index contributed by atoms with van der Waals surface area (Å²) in [5, 5.41) is 0. The molecular formula is C19H26N8O2. The number of urea groups is 1. The largest absolute Gasteiger partial charge is 0.384 e. The van der Waals surface area contributed by atoms with Gasteiger partial charge < -0.3 is 30.9 Å². The summed E-state index contributed by atoms with van der Waals surface area (Å²) in [6.07, 6.45) is 1.72. The first-order valence-electron chi connectivity index (χ1n) is 9.75. The number of morpholine rings is 1. The van der Waals surface area contributed by atoms with Crippen LogP contribution in [0.1, 0.15) is 5.69 Å². The Labute approximate surface area is 169 Å². The second kappa shape index (κ2) is 8.08. The molecule has 4 rings (SSSR count). The third-order valence-electron chi connectivity index (χ3n) is 5.29. The van der Waals surface area contributed by atoms with Gasteiger partial charge in [0.05, 0.1) is 18.9 Å². The Kier molecular flexibility index (Phi) is 5.34. The molecule has 0 saturated carbocycles. The molecule has 0 spiro atoms. The number of hydrogen-bond acceptors (Lipinski definition) is 8. The monoisotopic (exact) mass is 398 g/mol. The predicted octanol–water partition coefficient (Wildman–Crippen LogP) is 0.586. The first-order valence-corrected chi connectivity index (χ1v) is 9.75. The van der Waals surface area contributed by atoms with Gasteiger partial charge in [0.1, 0.15) is 11.6 Å². The van der Waals surface area contributed by atoms with Crippen molar-refractivity contribution in [2.75, 3.05) is 68.8 Å². The van der Waals surface area contributed by atoms with Crippen molar-refractivity contribution < 1.29 is 9.53 Å². The average Bonchev–Trinajstić information content (AvgIpc) is 2.74. The maximum Gasteiger partial charge on any atom is 0.320 e. The van der Waals surface area contributed by atoms with Gasteiger partial charge in [-0.3, -0.25) is 0 Å². The quantitative estimate of drug-likeness (QED) is 0.752. The molecule has 0 aromatic carbocycles. The Hall–Kier alpha value is -3.14. The van der Waals surface area contributed by atoms with Crippen LogP contribution in [0.4, 0.5) is 22.4 Å². The van der Waals surface area contributed by atoms with Crippen LogP contribution in [-0.2, 0) is 4.74 Å². The van der Waals surface area contributed by atoms with E-state index in [1.807, 2.05) is 22.8 Å². The van der Waals surface area contributed by atoms with Crippen LogP contribution in [0.3, 0.4) is 0 Å². The van der Waals surface area contributed by atoms with Gasteiger partial charge in [-0.2, -0.15) is 4.98 Å². The van der Waals surface area contributed by atoms with E-state index in [0.717, 1.165) is 22.6 Å². The molecule has 29 heavy (non-hydrogen) atoms. The number of carbonyl (C=O) groups excluding carboxylic acids is 1. The van der Waals surface area contributed by atoms with Gasteiger partial charge in [0.25, 0.3) is 0 Å². The van der Waals surface area contributed by atoms with Crippen molar-refractivity contribution in [1.82, 2.24) is 24.8 Å². The van der Waals surface area contributed by atoms with E-state index < -0.39 is 0 Å². The zero-order valence-electron chi connectivity index (χ0n) is 16.5. The number of piperazine rings is 1. The number of nitrogen functional groups attached to an aromatic ring is 2. The van der Waals surface area contributed by atoms with Crippen LogP contribution in [0, 0.1) is 6.92 Å². The molecule has 2 amide bonds. The van der Waals surface area contributed by atoms with Crippen LogP contribution in [0.15, 0.2) is 18.3 Å². The van der Waals surface area contributed by atoms with Gasteiger partial charge in [-0.05, 0) is 19.1 Å². The second-order valence-corrected chi connectivity index (χ2v) is 7.19. The molecule has 0 atom stereocenters. The first kappa shape index (κ1) is 19.2. The van der Waals surface area contributed by atoms with E-state index in [-0.39, 0.29) is 12.0 Å². The van der Waals surface area contributed by atoms with Crippen molar-refractivity contribution in [3.05, 3.63) is 24.0 Å². The summed E-state index contributed by atoms with van der Waals surface area (Å²) in [5.41, 5.74) is 14.2. The maximum absolute atomic E-state index is 12.7. The summed E-state index contributed by atoms with van der Waals surface area (Å²) in [6, 6.07) is 3.74. The van der Waals surface area contributed by atoms with E-state index >= 15 is 0 Å². The molecule has 2 aromatic heterocycles. The lowest BCUT2D eigenvalue weighted by Crippen LogP contribution is -2.55. The first-order chi connectivity index (χ1) is 14.0. The molecule has 2 aliphatic rings. The molecule has 2 fully saturated rings. The summed E-state index contributed by atoms with van der Waals surface area (Å²) in [7, 11) is 0. The molecular weight excluding hydrogens is 372 g/mol. The summed E-state index contributed by atoms with van der Waals surface area (Å²) in [6.45, 7) is 6.99. The minimum atomic E-state index is 0.0780. The van der Waals surface area contributed by atoms with E-state index in [2.05, 4.69) is 19.9 Å². The van der Waals surface area contributed by atoms with E-state index in [1.54, 1.807) is 12.3 Å². The number of anilines is 3. The highest BCUT2D eigenvalue weighted by Crippen LogP contribution is 2.32. The Morgan fingerprint density at radius 2 is 1.69 bits per heavy atom. The summed E-state index contributed by atoms with van der Waals surface area (Å²) in [5.74, 6) is 1.45. The van der Waals surface area contributed by atoms with Crippen molar-refractivity contribution >= 4 is 23.6 Å². The third kappa shape index (κ3) is 4.02. The zero-order chi connectivity index (χ0) is 20.4. The number of pyridine rings is 1. The fraction of sp³-hybridized carbons (Fsp3) is 0.474. The van der Waals surface area contributed by atoms with Crippen molar-refractivity contribution in [1.29, 1.82) is 0 Å². The van der Waals surface area contributed by atoms with Gasteiger partial charge in [-0.15, -0.1) is 0 Å². The number of nitrogens with zero attached hydrogens (tertiary/aromatic N) is 6. The highest BCUT2D eigenvalue weighted by molar-refractivity contribution is 5.79. The second-order valence-electron chi connectivity index (χ2n) is 7.19. The number of aryl methyl sites for hydroxylation is 1. The summed E-state index contributed by atoms with van der Waals surface area (Å²) >= 11 is 0. The topological polar surface area (TPSA) is 127 Å². The molecule has 0 unspecified atom stereocenters. The smallest absolute Gasteiger partial charge is 0.320 e. The SMILES string of the molecule is Cc1nc(N)nc(N2CCN(C(=O)N3CCOCC3)CC2)c1-c1ccc(N)nc1.